The summed E-state index contributed by atoms with van der Waals surface area (Å²) >= 11 is 12.4. The van der Waals surface area contributed by atoms with Crippen LogP contribution in [0.15, 0.2) is 60.8 Å². The summed E-state index contributed by atoms with van der Waals surface area (Å²) in [6.07, 6.45) is 0.527. The molecule has 0 bridgehead atoms. The summed E-state index contributed by atoms with van der Waals surface area (Å²) in [6, 6.07) is 13.9. The van der Waals surface area contributed by atoms with Crippen LogP contribution in [0.2, 0.25) is 10.0 Å². The second-order valence-electron chi connectivity index (χ2n) is 7.04. The lowest BCUT2D eigenvalue weighted by molar-refractivity contribution is 0.0997. The van der Waals surface area contributed by atoms with Gasteiger partial charge < -0.3 is 19.9 Å². The quantitative estimate of drug-likeness (QED) is 0.296. The maximum atomic E-state index is 15.2. The number of carbonyl (C=O) groups is 2. The number of benzene rings is 3. The number of nitrogens with two attached hydrogens (primary N) is 1. The van der Waals surface area contributed by atoms with Gasteiger partial charge >= 0.3 is 6.09 Å². The van der Waals surface area contributed by atoms with Gasteiger partial charge in [0.1, 0.15) is 22.3 Å². The number of methoxy groups -OCH3 is 1. The number of para-hydroxylation sites is 1. The third-order valence-corrected chi connectivity index (χ3v) is 5.46. The van der Waals surface area contributed by atoms with E-state index in [1.165, 1.54) is 37.6 Å². The van der Waals surface area contributed by atoms with Gasteiger partial charge in [-0.25, -0.2) is 9.18 Å². The van der Waals surface area contributed by atoms with E-state index in [0.717, 1.165) is 0 Å². The van der Waals surface area contributed by atoms with Crippen LogP contribution in [0.4, 0.5) is 14.9 Å². The average Bonchev–Trinajstić information content (AvgIpc) is 2.84. The van der Waals surface area contributed by atoms with Crippen LogP contribution < -0.4 is 25.3 Å². The number of carbonyl (C=O) groups excluding carboxylic acids is 2. The summed E-state index contributed by atoms with van der Waals surface area (Å²) in [4.78, 5) is 28.2. The Morgan fingerprint density at radius 3 is 2.49 bits per heavy atom. The van der Waals surface area contributed by atoms with Gasteiger partial charge in [0, 0.05) is 17.6 Å². The predicted octanol–water partition coefficient (Wildman–Crippen LogP) is 6.19. The van der Waals surface area contributed by atoms with Crippen molar-refractivity contribution < 1.29 is 28.2 Å². The van der Waals surface area contributed by atoms with Gasteiger partial charge in [-0.2, -0.15) is 0 Å². The SMILES string of the molecule is COc1cc2nccc(Oc3c(Cl)cc(NC(=O)Oc4ccccc4)c(Cl)c3F)c2cc1C(N)=O. The fraction of sp³-hybridized carbons (Fsp3) is 0.0417. The van der Waals surface area contributed by atoms with E-state index in [2.05, 4.69) is 10.3 Å². The minimum atomic E-state index is -1.03. The summed E-state index contributed by atoms with van der Waals surface area (Å²) in [5, 5.41) is 2.06. The van der Waals surface area contributed by atoms with Crippen molar-refractivity contribution >= 4 is 51.8 Å². The molecule has 35 heavy (non-hydrogen) atoms. The number of nitrogens with zero attached hydrogens (tertiary/aromatic N) is 1. The van der Waals surface area contributed by atoms with E-state index in [1.54, 1.807) is 30.3 Å². The molecular weight excluding hydrogens is 500 g/mol. The largest absolute Gasteiger partial charge is 0.496 e. The van der Waals surface area contributed by atoms with Gasteiger partial charge in [-0.1, -0.05) is 41.4 Å². The van der Waals surface area contributed by atoms with Gasteiger partial charge in [0.25, 0.3) is 5.91 Å². The van der Waals surface area contributed by atoms with Crippen LogP contribution in [0, 0.1) is 5.82 Å². The van der Waals surface area contributed by atoms with Crippen LogP contribution >= 0.6 is 23.2 Å². The van der Waals surface area contributed by atoms with Crippen molar-refractivity contribution in [1.29, 1.82) is 0 Å². The summed E-state index contributed by atoms with van der Waals surface area (Å²) in [5.41, 5.74) is 5.79. The van der Waals surface area contributed by atoms with Crippen LogP contribution in [0.3, 0.4) is 0 Å². The van der Waals surface area contributed by atoms with E-state index in [1.807, 2.05) is 0 Å². The first kappa shape index (κ1) is 24.1. The zero-order valence-electron chi connectivity index (χ0n) is 18.0. The van der Waals surface area contributed by atoms with Crippen molar-refractivity contribution in [3.05, 3.63) is 82.2 Å². The van der Waals surface area contributed by atoms with Crippen LogP contribution in [-0.2, 0) is 0 Å². The smallest absolute Gasteiger partial charge is 0.417 e. The molecule has 0 aliphatic heterocycles. The molecule has 2 amide bonds. The molecule has 8 nitrogen and oxygen atoms in total. The number of fused-ring (bicyclic) bond motifs is 1. The first-order valence-corrected chi connectivity index (χ1v) is 10.7. The Morgan fingerprint density at radius 2 is 1.80 bits per heavy atom. The van der Waals surface area contributed by atoms with Crippen molar-refractivity contribution in [2.75, 3.05) is 12.4 Å². The Bertz CT molecular complexity index is 1450. The van der Waals surface area contributed by atoms with Crippen molar-refractivity contribution in [3.63, 3.8) is 0 Å². The van der Waals surface area contributed by atoms with Gasteiger partial charge in [0.2, 0.25) is 0 Å². The molecule has 11 heteroatoms. The number of halogens is 3. The molecule has 1 heterocycles. The normalized spacial score (nSPS) is 10.6. The van der Waals surface area contributed by atoms with Crippen LogP contribution in [0.25, 0.3) is 10.9 Å². The fourth-order valence-corrected chi connectivity index (χ4v) is 3.62. The number of ether oxygens (including phenoxy) is 3. The van der Waals surface area contributed by atoms with Crippen molar-refractivity contribution in [2.24, 2.45) is 5.73 Å². The van der Waals surface area contributed by atoms with E-state index in [9.17, 15) is 9.59 Å². The van der Waals surface area contributed by atoms with Gasteiger partial charge in [0.05, 0.1) is 28.9 Å². The predicted molar refractivity (Wildman–Crippen MR) is 129 cm³/mol. The Morgan fingerprint density at radius 1 is 1.06 bits per heavy atom. The highest BCUT2D eigenvalue weighted by Crippen LogP contribution is 2.42. The van der Waals surface area contributed by atoms with E-state index < -0.39 is 28.6 Å². The average molecular weight is 516 g/mol. The third kappa shape index (κ3) is 5.06. The molecule has 4 aromatic rings. The maximum Gasteiger partial charge on any atom is 0.417 e. The number of aromatic nitrogens is 1. The van der Waals surface area contributed by atoms with Crippen molar-refractivity contribution in [1.82, 2.24) is 4.98 Å². The highest BCUT2D eigenvalue weighted by molar-refractivity contribution is 6.36. The molecule has 0 atom stereocenters. The highest BCUT2D eigenvalue weighted by Gasteiger charge is 2.22. The number of amides is 2. The Kier molecular flexibility index (Phi) is 6.90. The summed E-state index contributed by atoms with van der Waals surface area (Å²) in [7, 11) is 1.39. The lowest BCUT2D eigenvalue weighted by Gasteiger charge is -2.15. The number of pyridine rings is 1. The summed E-state index contributed by atoms with van der Waals surface area (Å²) < 4.78 is 31.2. The number of hydrogen-bond donors (Lipinski definition) is 2. The van der Waals surface area contributed by atoms with Gasteiger partial charge in [-0.15, -0.1) is 0 Å². The lowest BCUT2D eigenvalue weighted by Crippen LogP contribution is -2.17. The van der Waals surface area contributed by atoms with E-state index in [-0.39, 0.29) is 33.5 Å². The molecule has 178 valence electrons. The lowest BCUT2D eigenvalue weighted by atomic mass is 10.1. The van der Waals surface area contributed by atoms with Crippen molar-refractivity contribution in [3.8, 4) is 23.0 Å². The molecule has 3 aromatic carbocycles. The minimum absolute atomic E-state index is 0.0823. The number of hydrogen-bond acceptors (Lipinski definition) is 6. The molecule has 1 aromatic heterocycles. The Labute approximate surface area is 208 Å². The molecule has 0 fully saturated rings. The second-order valence-corrected chi connectivity index (χ2v) is 7.82. The number of primary amides is 1. The number of anilines is 1. The number of rotatable bonds is 6. The Balaban J connectivity index is 1.66. The molecule has 0 aliphatic carbocycles. The molecule has 0 unspecified atom stereocenters. The molecule has 3 N–H and O–H groups in total. The first-order chi connectivity index (χ1) is 16.8. The topological polar surface area (TPSA) is 113 Å². The van der Waals surface area contributed by atoms with E-state index in [4.69, 9.17) is 43.1 Å². The molecule has 0 aliphatic rings. The minimum Gasteiger partial charge on any atom is -0.496 e. The molecule has 0 saturated carbocycles. The molecule has 4 rings (SSSR count). The first-order valence-electron chi connectivity index (χ1n) is 9.94. The van der Waals surface area contributed by atoms with Crippen LogP contribution in [0.5, 0.6) is 23.0 Å². The molecule has 0 spiro atoms. The maximum absolute atomic E-state index is 15.2. The zero-order chi connectivity index (χ0) is 25.1. The molecule has 0 saturated heterocycles. The summed E-state index contributed by atoms with van der Waals surface area (Å²) in [6.45, 7) is 0. The van der Waals surface area contributed by atoms with Gasteiger partial charge in [-0.3, -0.25) is 15.1 Å². The summed E-state index contributed by atoms with van der Waals surface area (Å²) in [5.74, 6) is -1.53. The highest BCUT2D eigenvalue weighted by atomic mass is 35.5. The van der Waals surface area contributed by atoms with Gasteiger partial charge in [-0.05, 0) is 30.3 Å². The van der Waals surface area contributed by atoms with Crippen molar-refractivity contribution in [2.45, 2.75) is 0 Å². The third-order valence-electron chi connectivity index (χ3n) is 4.81. The van der Waals surface area contributed by atoms with E-state index in [0.29, 0.717) is 10.9 Å². The molecular formula is C24H16Cl2FN3O5. The van der Waals surface area contributed by atoms with Gasteiger partial charge in [0.15, 0.2) is 11.6 Å². The molecule has 0 radical (unpaired) electrons. The second kappa shape index (κ2) is 10.0. The van der Waals surface area contributed by atoms with Crippen LogP contribution in [0.1, 0.15) is 10.4 Å². The zero-order valence-corrected chi connectivity index (χ0v) is 19.5. The van der Waals surface area contributed by atoms with E-state index >= 15 is 4.39 Å². The monoisotopic (exact) mass is 515 g/mol. The fourth-order valence-electron chi connectivity index (χ4n) is 3.20. The Hall–Kier alpha value is -4.08. The standard InChI is InChI=1S/C24H16Cl2FN3O5/c1-33-19-11-16-13(9-14(19)23(28)31)18(7-8-29-16)35-22-15(25)10-17(20(26)21(22)27)30-24(32)34-12-5-3-2-4-6-12/h2-11H,1H3,(H2,28,31)(H,30,32). The van der Waals surface area contributed by atoms with Crippen LogP contribution in [-0.4, -0.2) is 24.1 Å². The number of nitrogens with one attached hydrogen (secondary N) is 1.